The van der Waals surface area contributed by atoms with Gasteiger partial charge in [-0.3, -0.25) is 19.2 Å². The maximum atomic E-state index is 14.6. The molecule has 5 amide bonds. The quantitative estimate of drug-likeness (QED) is 0.191. The van der Waals surface area contributed by atoms with Crippen molar-refractivity contribution in [3.63, 3.8) is 0 Å². The smallest absolute Gasteiger partial charge is 0.315 e. The Bertz CT molecular complexity index is 1830. The second kappa shape index (κ2) is 15.8. The molecule has 4 atom stereocenters. The number of nitrogens with zero attached hydrogens (tertiary/aromatic N) is 4. The second-order valence-corrected chi connectivity index (χ2v) is 15.9. The number of fused-ring (bicyclic) bond motifs is 1. The number of nitrogens with one attached hydrogen (secondary N) is 4. The van der Waals surface area contributed by atoms with Gasteiger partial charge in [-0.2, -0.15) is 5.10 Å². The number of benzene rings is 1. The summed E-state index contributed by atoms with van der Waals surface area (Å²) >= 11 is 0. The average Bonchev–Trinajstić information content (AvgIpc) is 3.53. The third-order valence-corrected chi connectivity index (χ3v) is 9.07. The van der Waals surface area contributed by atoms with Crippen LogP contribution in [0.1, 0.15) is 80.6 Å². The van der Waals surface area contributed by atoms with E-state index in [4.69, 9.17) is 14.5 Å². The molecule has 1 saturated carbocycles. The number of ketones is 1. The summed E-state index contributed by atoms with van der Waals surface area (Å²) in [6, 6.07) is 5.17. The van der Waals surface area contributed by atoms with Gasteiger partial charge in [0.2, 0.25) is 17.6 Å². The number of amides is 5. The van der Waals surface area contributed by atoms with Crippen LogP contribution in [0, 0.1) is 5.41 Å². The average molecular weight is 733 g/mol. The molecule has 1 aliphatic heterocycles. The Morgan fingerprint density at radius 3 is 2.36 bits per heavy atom. The van der Waals surface area contributed by atoms with E-state index in [2.05, 4.69) is 26.4 Å². The van der Waals surface area contributed by atoms with E-state index in [1.54, 1.807) is 48.5 Å². The van der Waals surface area contributed by atoms with Crippen LogP contribution in [0.25, 0.3) is 16.7 Å². The van der Waals surface area contributed by atoms with Gasteiger partial charge in [0.05, 0.1) is 25.2 Å². The Balaban J connectivity index is 1.48. The minimum absolute atomic E-state index is 0.00228. The molecule has 0 radical (unpaired) electrons. The van der Waals surface area contributed by atoms with Crippen LogP contribution in [0.5, 0.6) is 11.5 Å². The van der Waals surface area contributed by atoms with Gasteiger partial charge in [-0.15, -0.1) is 0 Å². The number of pyridine rings is 1. The highest BCUT2D eigenvalue weighted by molar-refractivity contribution is 6.38. The van der Waals surface area contributed by atoms with Crippen LogP contribution in [0.4, 0.5) is 4.79 Å². The predicted molar refractivity (Wildman–Crippen MR) is 198 cm³/mol. The molecule has 2 aromatic heterocycles. The minimum atomic E-state index is -1.08. The molecule has 5 rings (SSSR count). The summed E-state index contributed by atoms with van der Waals surface area (Å²) in [5.74, 6) is -1.01. The largest absolute Gasteiger partial charge is 0.497 e. The fraction of sp³-hybridized carbons (Fsp3) is 0.553. The van der Waals surface area contributed by atoms with Crippen LogP contribution >= 0.6 is 0 Å². The molecule has 3 aromatic rings. The molecule has 3 heterocycles. The molecule has 4 N–H and O–H groups in total. The number of urea groups is 1. The van der Waals surface area contributed by atoms with E-state index in [9.17, 15) is 24.0 Å². The van der Waals surface area contributed by atoms with Gasteiger partial charge in [0.15, 0.2) is 5.82 Å². The van der Waals surface area contributed by atoms with E-state index >= 15 is 0 Å². The maximum Gasteiger partial charge on any atom is 0.315 e. The summed E-state index contributed by atoms with van der Waals surface area (Å²) in [7, 11) is 1.57. The highest BCUT2D eigenvalue weighted by Gasteiger charge is 2.47. The lowest BCUT2D eigenvalue weighted by molar-refractivity contribution is -0.144. The Hall–Kier alpha value is -5.21. The topological polar surface area (TPSA) is 186 Å². The van der Waals surface area contributed by atoms with Crippen LogP contribution in [-0.2, 0) is 19.2 Å². The van der Waals surface area contributed by atoms with Crippen LogP contribution in [0.2, 0.25) is 0 Å². The van der Waals surface area contributed by atoms with Gasteiger partial charge in [0.1, 0.15) is 29.7 Å². The molecule has 1 saturated heterocycles. The number of hydrogen-bond acceptors (Lipinski definition) is 9. The number of Topliss-reactive ketones (excluding diaryl/α,β-unsaturated/α-hetero) is 1. The fourth-order valence-corrected chi connectivity index (χ4v) is 6.25. The minimum Gasteiger partial charge on any atom is -0.497 e. The van der Waals surface area contributed by atoms with Crippen molar-refractivity contribution in [1.82, 2.24) is 40.9 Å². The van der Waals surface area contributed by atoms with Crippen molar-refractivity contribution in [1.29, 1.82) is 0 Å². The first-order valence-corrected chi connectivity index (χ1v) is 18.2. The van der Waals surface area contributed by atoms with E-state index in [1.807, 2.05) is 54.5 Å². The fourth-order valence-electron chi connectivity index (χ4n) is 6.25. The zero-order valence-corrected chi connectivity index (χ0v) is 31.8. The lowest BCUT2D eigenvalue weighted by atomic mass is 9.85. The first kappa shape index (κ1) is 39.0. The van der Waals surface area contributed by atoms with Crippen molar-refractivity contribution in [2.45, 2.75) is 116 Å². The highest BCUT2D eigenvalue weighted by atomic mass is 16.5. The van der Waals surface area contributed by atoms with Gasteiger partial charge in [-0.25, -0.2) is 14.5 Å². The molecule has 1 aliphatic carbocycles. The summed E-state index contributed by atoms with van der Waals surface area (Å²) in [6.45, 7) is 12.8. The summed E-state index contributed by atoms with van der Waals surface area (Å²) in [5, 5.41) is 16.2. The van der Waals surface area contributed by atoms with Gasteiger partial charge in [0, 0.05) is 47.9 Å². The molecule has 15 heteroatoms. The number of aromatic nitrogens is 3. The van der Waals surface area contributed by atoms with Crippen LogP contribution in [-0.4, -0.2) is 98.7 Å². The lowest BCUT2D eigenvalue weighted by Crippen LogP contribution is -2.61. The SMILES string of the molecule is CCCC(NC(=O)C1CC(Oc2cc(-n3cccn3)nc3cc(OC)ccc23)CN1C(=O)C(NC(=O)NC(C)(C)C)C(C)(C)C)C(=O)C(=O)NC1CC1. The Kier molecular flexibility index (Phi) is 11.6. The van der Waals surface area contributed by atoms with Crippen molar-refractivity contribution in [2.75, 3.05) is 13.7 Å². The molecule has 0 spiro atoms. The first-order chi connectivity index (χ1) is 25.0. The molecule has 2 fully saturated rings. The van der Waals surface area contributed by atoms with E-state index < -0.39 is 64.7 Å². The molecule has 1 aromatic carbocycles. The number of carbonyl (C=O) groups excluding carboxylic acids is 5. The van der Waals surface area contributed by atoms with Gasteiger partial charge >= 0.3 is 6.03 Å². The normalized spacial score (nSPS) is 18.5. The van der Waals surface area contributed by atoms with E-state index in [0.717, 1.165) is 12.8 Å². The molecule has 2 aliphatic rings. The number of rotatable bonds is 13. The van der Waals surface area contributed by atoms with Gasteiger partial charge < -0.3 is 35.6 Å². The number of likely N-dealkylation sites (tertiary alicyclic amines) is 1. The Labute approximate surface area is 309 Å². The maximum absolute atomic E-state index is 14.6. The highest BCUT2D eigenvalue weighted by Crippen LogP contribution is 2.34. The van der Waals surface area contributed by atoms with Crippen molar-refractivity contribution < 1.29 is 33.4 Å². The zero-order valence-electron chi connectivity index (χ0n) is 31.8. The summed E-state index contributed by atoms with van der Waals surface area (Å²) < 4.78 is 13.7. The molecule has 4 unspecified atom stereocenters. The number of ether oxygens (including phenoxy) is 2. The number of hydrogen-bond donors (Lipinski definition) is 4. The molecule has 15 nitrogen and oxygen atoms in total. The number of carbonyl (C=O) groups is 5. The first-order valence-electron chi connectivity index (χ1n) is 18.2. The van der Waals surface area contributed by atoms with Crippen molar-refractivity contribution in [2.24, 2.45) is 5.41 Å². The molecule has 0 bridgehead atoms. The monoisotopic (exact) mass is 732 g/mol. The second-order valence-electron chi connectivity index (χ2n) is 15.9. The van der Waals surface area contributed by atoms with Crippen LogP contribution < -0.4 is 30.7 Å². The number of methoxy groups -OCH3 is 1. The van der Waals surface area contributed by atoms with E-state index in [0.29, 0.717) is 34.6 Å². The van der Waals surface area contributed by atoms with Gasteiger partial charge in [-0.1, -0.05) is 34.1 Å². The van der Waals surface area contributed by atoms with E-state index in [-0.39, 0.29) is 25.4 Å². The van der Waals surface area contributed by atoms with Crippen LogP contribution in [0.15, 0.2) is 42.7 Å². The summed E-state index contributed by atoms with van der Waals surface area (Å²) in [5.41, 5.74) is -0.740. The van der Waals surface area contributed by atoms with Crippen molar-refractivity contribution in [3.8, 4) is 17.3 Å². The molecule has 53 heavy (non-hydrogen) atoms. The van der Waals surface area contributed by atoms with Crippen LogP contribution in [0.3, 0.4) is 0 Å². The Morgan fingerprint density at radius 1 is 1.02 bits per heavy atom. The third-order valence-electron chi connectivity index (χ3n) is 9.07. The standard InChI is InChI=1S/C38H52N8O7/c1-9-11-26(31(47)34(49)40-22-12-13-22)42-33(48)28-19-24(21-45(28)35(50)32(37(2,3)4)43-36(51)44-38(5,6)7)53-29-20-30(46-17-10-16-39-46)41-27-18-23(52-8)14-15-25(27)29/h10,14-18,20,22,24,26,28,32H,9,11-13,19,21H2,1-8H3,(H,40,49)(H,42,48)(H2,43,44,51). The molecule has 286 valence electrons. The lowest BCUT2D eigenvalue weighted by Gasteiger charge is -2.36. The van der Waals surface area contributed by atoms with Gasteiger partial charge in [0.25, 0.3) is 5.91 Å². The van der Waals surface area contributed by atoms with Crippen molar-refractivity contribution >= 4 is 40.4 Å². The molecular weight excluding hydrogens is 680 g/mol. The summed E-state index contributed by atoms with van der Waals surface area (Å²) in [4.78, 5) is 74.0. The van der Waals surface area contributed by atoms with Gasteiger partial charge in [-0.05, 0) is 63.6 Å². The third kappa shape index (κ3) is 9.82. The van der Waals surface area contributed by atoms with E-state index in [1.165, 1.54) is 4.90 Å². The Morgan fingerprint density at radius 2 is 1.75 bits per heavy atom. The van der Waals surface area contributed by atoms with Crippen molar-refractivity contribution in [3.05, 3.63) is 42.7 Å². The predicted octanol–water partition coefficient (Wildman–Crippen LogP) is 3.42. The summed E-state index contributed by atoms with van der Waals surface area (Å²) in [6.07, 6.45) is 5.17. The molecular formula is C38H52N8O7. The zero-order chi connectivity index (χ0) is 38.7.